The van der Waals surface area contributed by atoms with E-state index in [1.807, 2.05) is 23.5 Å². The molecule has 2 aromatic carbocycles. The van der Waals surface area contributed by atoms with E-state index in [9.17, 15) is 10.2 Å². The van der Waals surface area contributed by atoms with E-state index < -0.39 is 0 Å². The number of phenols is 2. The van der Waals surface area contributed by atoms with Gasteiger partial charge in [-0.15, -0.1) is 23.5 Å². The molecule has 0 aromatic heterocycles. The molecule has 0 heterocycles. The lowest BCUT2D eigenvalue weighted by molar-refractivity contribution is 0.421. The summed E-state index contributed by atoms with van der Waals surface area (Å²) in [6.45, 7) is 30.7. The number of hydrogen-bond acceptors (Lipinski definition) is 4. The quantitative estimate of drug-likeness (QED) is 0.262. The van der Waals surface area contributed by atoms with Gasteiger partial charge < -0.3 is 10.2 Å². The summed E-state index contributed by atoms with van der Waals surface area (Å²) in [4.78, 5) is 2.41. The van der Waals surface area contributed by atoms with Gasteiger partial charge in [0.25, 0.3) is 0 Å². The molecule has 0 saturated carbocycles. The zero-order valence-electron chi connectivity index (χ0n) is 26.6. The SMILES string of the molecule is CCCCC(C)(Sc1cc(C(C)(C)C)c(O)c(C(C)(C)C)c1)Sc1cc(C(C)(C)C)c(O)c(C(C)(C)C)c1. The maximum absolute atomic E-state index is 11.3. The van der Waals surface area contributed by atoms with E-state index in [4.69, 9.17) is 0 Å². The molecule has 0 amide bonds. The largest absolute Gasteiger partial charge is 0.507 e. The van der Waals surface area contributed by atoms with Crippen LogP contribution in [0.4, 0.5) is 0 Å². The first-order chi connectivity index (χ1) is 17.0. The molecule has 0 saturated heterocycles. The summed E-state index contributed by atoms with van der Waals surface area (Å²) in [7, 11) is 0. The topological polar surface area (TPSA) is 40.5 Å². The summed E-state index contributed by atoms with van der Waals surface area (Å²) >= 11 is 3.83. The summed E-state index contributed by atoms with van der Waals surface area (Å²) in [5.41, 5.74) is 3.38. The van der Waals surface area contributed by atoms with Crippen LogP contribution in [-0.2, 0) is 21.7 Å². The minimum Gasteiger partial charge on any atom is -0.507 e. The van der Waals surface area contributed by atoms with Gasteiger partial charge in [0.15, 0.2) is 0 Å². The van der Waals surface area contributed by atoms with E-state index in [-0.39, 0.29) is 25.7 Å². The molecular weight excluding hydrogens is 505 g/mol. The van der Waals surface area contributed by atoms with E-state index >= 15 is 0 Å². The standard InChI is InChI=1S/C34H54O2S2/c1-15-16-17-34(14,37-22-18-24(30(2,3)4)28(35)25(19-22)31(5,6)7)38-23-20-26(32(8,9)10)29(36)27(21-23)33(11,12)13/h18-21,35-36H,15-17H2,1-14H3. The Morgan fingerprint density at radius 2 is 0.789 bits per heavy atom. The molecule has 0 aliphatic rings. The molecule has 0 fully saturated rings. The van der Waals surface area contributed by atoms with E-state index in [1.165, 1.54) is 9.79 Å². The monoisotopic (exact) mass is 558 g/mol. The second-order valence-corrected chi connectivity index (χ2v) is 18.6. The Morgan fingerprint density at radius 1 is 0.526 bits per heavy atom. The highest BCUT2D eigenvalue weighted by atomic mass is 32.2. The van der Waals surface area contributed by atoms with Crippen molar-refractivity contribution in [3.8, 4) is 11.5 Å². The first-order valence-corrected chi connectivity index (χ1v) is 15.8. The molecule has 0 atom stereocenters. The fourth-order valence-corrected chi connectivity index (χ4v) is 7.68. The molecular formula is C34H54O2S2. The average molecular weight is 559 g/mol. The van der Waals surface area contributed by atoms with Crippen LogP contribution in [0.25, 0.3) is 0 Å². The molecule has 4 heteroatoms. The van der Waals surface area contributed by atoms with Crippen molar-refractivity contribution in [2.24, 2.45) is 0 Å². The third-order valence-corrected chi connectivity index (χ3v) is 9.77. The predicted molar refractivity (Wildman–Crippen MR) is 171 cm³/mol. The molecule has 2 rings (SSSR count). The van der Waals surface area contributed by atoms with E-state index in [0.29, 0.717) is 11.5 Å². The number of phenolic OH excluding ortho intramolecular Hbond substituents is 2. The molecule has 2 nitrogen and oxygen atoms in total. The molecule has 0 unspecified atom stereocenters. The molecule has 0 spiro atoms. The summed E-state index contributed by atoms with van der Waals surface area (Å²) < 4.78 is -0.113. The van der Waals surface area contributed by atoms with Crippen LogP contribution in [0.5, 0.6) is 11.5 Å². The van der Waals surface area contributed by atoms with Gasteiger partial charge in [-0.05, 0) is 59.3 Å². The van der Waals surface area contributed by atoms with Crippen molar-refractivity contribution >= 4 is 23.5 Å². The highest BCUT2D eigenvalue weighted by molar-refractivity contribution is 8.18. The van der Waals surface area contributed by atoms with Gasteiger partial charge in [-0.2, -0.15) is 0 Å². The van der Waals surface area contributed by atoms with Gasteiger partial charge in [0.1, 0.15) is 11.5 Å². The van der Waals surface area contributed by atoms with E-state index in [1.54, 1.807) is 0 Å². The highest BCUT2D eigenvalue weighted by Crippen LogP contribution is 2.53. The molecule has 38 heavy (non-hydrogen) atoms. The molecule has 2 N–H and O–H groups in total. The zero-order valence-corrected chi connectivity index (χ0v) is 28.3. The minimum atomic E-state index is -0.159. The molecule has 2 aromatic rings. The Labute approximate surface area is 242 Å². The number of aromatic hydroxyl groups is 2. The maximum atomic E-state index is 11.3. The predicted octanol–water partition coefficient (Wildman–Crippen LogP) is 11.1. The third-order valence-electron chi connectivity index (χ3n) is 7.05. The highest BCUT2D eigenvalue weighted by Gasteiger charge is 2.33. The lowest BCUT2D eigenvalue weighted by atomic mass is 9.79. The molecule has 214 valence electrons. The van der Waals surface area contributed by atoms with Gasteiger partial charge in [0.2, 0.25) is 0 Å². The average Bonchev–Trinajstić information content (AvgIpc) is 2.71. The van der Waals surface area contributed by atoms with Crippen molar-refractivity contribution in [1.82, 2.24) is 0 Å². The van der Waals surface area contributed by atoms with Crippen LogP contribution in [0.1, 0.15) is 138 Å². The van der Waals surface area contributed by atoms with Crippen LogP contribution in [0.3, 0.4) is 0 Å². The summed E-state index contributed by atoms with van der Waals surface area (Å²) in [5.74, 6) is 0.862. The van der Waals surface area contributed by atoms with Crippen molar-refractivity contribution < 1.29 is 10.2 Å². The number of unbranched alkanes of at least 4 members (excludes halogenated alkanes) is 1. The number of rotatable bonds is 7. The van der Waals surface area contributed by atoms with E-state index in [0.717, 1.165) is 41.5 Å². The van der Waals surface area contributed by atoms with Crippen molar-refractivity contribution in [2.75, 3.05) is 0 Å². The zero-order chi connectivity index (χ0) is 29.5. The molecule has 0 bridgehead atoms. The maximum Gasteiger partial charge on any atom is 0.123 e. The van der Waals surface area contributed by atoms with Gasteiger partial charge in [-0.1, -0.05) is 103 Å². The Bertz CT molecular complexity index is 966. The molecule has 0 aliphatic carbocycles. The van der Waals surface area contributed by atoms with Crippen LogP contribution in [0, 0.1) is 0 Å². The van der Waals surface area contributed by atoms with Crippen LogP contribution < -0.4 is 0 Å². The molecule has 0 aliphatic heterocycles. The second-order valence-electron chi connectivity index (χ2n) is 15.2. The van der Waals surface area contributed by atoms with Crippen molar-refractivity contribution in [3.05, 3.63) is 46.5 Å². The summed E-state index contributed by atoms with van der Waals surface area (Å²) in [6.07, 6.45) is 3.35. The Kier molecular flexibility index (Phi) is 9.81. The lowest BCUT2D eigenvalue weighted by Gasteiger charge is -2.33. The van der Waals surface area contributed by atoms with E-state index in [2.05, 4.69) is 121 Å². The van der Waals surface area contributed by atoms with Crippen LogP contribution >= 0.6 is 23.5 Å². The Balaban J connectivity index is 2.69. The lowest BCUT2D eigenvalue weighted by Crippen LogP contribution is -2.20. The van der Waals surface area contributed by atoms with Gasteiger partial charge >= 0.3 is 0 Å². The van der Waals surface area contributed by atoms with Gasteiger partial charge in [-0.3, -0.25) is 0 Å². The summed E-state index contributed by atoms with van der Waals surface area (Å²) in [6, 6.07) is 8.83. The third kappa shape index (κ3) is 8.13. The van der Waals surface area contributed by atoms with Crippen LogP contribution in [0.2, 0.25) is 0 Å². The number of thioether (sulfide) groups is 2. The van der Waals surface area contributed by atoms with Gasteiger partial charge in [0, 0.05) is 32.0 Å². The Morgan fingerprint density at radius 3 is 1.00 bits per heavy atom. The first kappa shape index (κ1) is 32.9. The normalized spacial score (nSPS) is 13.7. The second kappa shape index (κ2) is 11.3. The van der Waals surface area contributed by atoms with Crippen molar-refractivity contribution in [2.45, 2.75) is 152 Å². The molecule has 0 radical (unpaired) electrons. The minimum absolute atomic E-state index is 0.113. The van der Waals surface area contributed by atoms with Crippen molar-refractivity contribution in [1.29, 1.82) is 0 Å². The fraction of sp³-hybridized carbons (Fsp3) is 0.647. The first-order valence-electron chi connectivity index (χ1n) is 14.1. The van der Waals surface area contributed by atoms with Crippen molar-refractivity contribution in [3.63, 3.8) is 0 Å². The smallest absolute Gasteiger partial charge is 0.123 e. The number of hydrogen-bond donors (Lipinski definition) is 2. The van der Waals surface area contributed by atoms with Crippen LogP contribution in [-0.4, -0.2) is 14.3 Å². The van der Waals surface area contributed by atoms with Gasteiger partial charge in [0.05, 0.1) is 4.08 Å². The fourth-order valence-electron chi connectivity index (χ4n) is 4.74. The Hall–Kier alpha value is -1.26. The number of benzene rings is 2. The van der Waals surface area contributed by atoms with Crippen LogP contribution in [0.15, 0.2) is 34.1 Å². The summed E-state index contributed by atoms with van der Waals surface area (Å²) in [5, 5.41) is 22.5. The van der Waals surface area contributed by atoms with Gasteiger partial charge in [-0.25, -0.2) is 0 Å².